The number of primary amides is 1. The molecule has 0 bridgehead atoms. The smallest absolute Gasteiger partial charge is 0.405 e. The van der Waals surface area contributed by atoms with Crippen molar-refractivity contribution in [3.8, 4) is 5.75 Å². The van der Waals surface area contributed by atoms with Gasteiger partial charge >= 0.3 is 6.18 Å². The fraction of sp³-hybridized carbons (Fsp3) is 0.167. The minimum Gasteiger partial charge on any atom is -0.484 e. The molecule has 2 aromatic carbocycles. The van der Waals surface area contributed by atoms with E-state index in [4.69, 9.17) is 10.5 Å². The fourth-order valence-electron chi connectivity index (χ4n) is 2.12. The van der Waals surface area contributed by atoms with Crippen LogP contribution in [0.25, 0.3) is 0 Å². The van der Waals surface area contributed by atoms with Crippen molar-refractivity contribution >= 4 is 23.4 Å². The quantitative estimate of drug-likeness (QED) is 0.667. The Labute approximate surface area is 157 Å². The average Bonchev–Trinajstić information content (AvgIpc) is 2.64. The monoisotopic (exact) mass is 395 g/mol. The van der Waals surface area contributed by atoms with Gasteiger partial charge in [0.1, 0.15) is 12.3 Å². The summed E-state index contributed by atoms with van der Waals surface area (Å²) in [6, 6.07) is 11.4. The number of nitrogens with two attached hydrogens (primary N) is 1. The van der Waals surface area contributed by atoms with E-state index in [9.17, 15) is 27.6 Å². The standard InChI is InChI=1S/C18H16F3N3O4/c19-18(20,21)10-23-17(27)13-3-1-2-4-14(13)24-15(25)9-28-12-7-5-11(6-8-12)16(22)26/h1-8H,9-10H2,(H2,22,26)(H,23,27)(H,24,25). The van der Waals surface area contributed by atoms with Crippen molar-refractivity contribution in [3.05, 3.63) is 59.7 Å². The van der Waals surface area contributed by atoms with Crippen LogP contribution in [0.1, 0.15) is 20.7 Å². The Morgan fingerprint density at radius 1 is 1.00 bits per heavy atom. The number of hydrogen-bond acceptors (Lipinski definition) is 4. The molecule has 0 saturated heterocycles. The van der Waals surface area contributed by atoms with E-state index in [2.05, 4.69) is 5.32 Å². The van der Waals surface area contributed by atoms with E-state index in [-0.39, 0.29) is 16.8 Å². The van der Waals surface area contributed by atoms with Crippen LogP contribution in [0.3, 0.4) is 0 Å². The van der Waals surface area contributed by atoms with E-state index in [0.717, 1.165) is 0 Å². The number of carbonyl (C=O) groups excluding carboxylic acids is 3. The van der Waals surface area contributed by atoms with Gasteiger partial charge in [0.25, 0.3) is 11.8 Å². The van der Waals surface area contributed by atoms with Crippen molar-refractivity contribution in [1.82, 2.24) is 5.32 Å². The molecule has 0 unspecified atom stereocenters. The largest absolute Gasteiger partial charge is 0.484 e. The number of carbonyl (C=O) groups is 3. The van der Waals surface area contributed by atoms with E-state index in [0.29, 0.717) is 5.75 Å². The van der Waals surface area contributed by atoms with Gasteiger partial charge in [0.15, 0.2) is 6.61 Å². The van der Waals surface area contributed by atoms with Crippen molar-refractivity contribution in [2.45, 2.75) is 6.18 Å². The molecule has 10 heteroatoms. The van der Waals surface area contributed by atoms with Crippen LogP contribution in [0, 0.1) is 0 Å². The van der Waals surface area contributed by atoms with E-state index in [1.165, 1.54) is 48.5 Å². The fourth-order valence-corrected chi connectivity index (χ4v) is 2.12. The predicted molar refractivity (Wildman–Crippen MR) is 93.9 cm³/mol. The van der Waals surface area contributed by atoms with Gasteiger partial charge in [0.2, 0.25) is 5.91 Å². The number of nitrogens with one attached hydrogen (secondary N) is 2. The number of rotatable bonds is 7. The van der Waals surface area contributed by atoms with Gasteiger partial charge in [-0.25, -0.2) is 0 Å². The molecule has 0 spiro atoms. The summed E-state index contributed by atoms with van der Waals surface area (Å²) in [5.74, 6) is -1.91. The summed E-state index contributed by atoms with van der Waals surface area (Å²) < 4.78 is 42.0. The lowest BCUT2D eigenvalue weighted by atomic mass is 10.1. The molecule has 3 amide bonds. The Morgan fingerprint density at radius 2 is 1.64 bits per heavy atom. The van der Waals surface area contributed by atoms with Crippen LogP contribution < -0.4 is 21.1 Å². The number of anilines is 1. The van der Waals surface area contributed by atoms with Gasteiger partial charge in [-0.3, -0.25) is 14.4 Å². The van der Waals surface area contributed by atoms with E-state index in [1.54, 1.807) is 5.32 Å². The molecule has 148 valence electrons. The third-order valence-electron chi connectivity index (χ3n) is 3.40. The number of ether oxygens (including phenoxy) is 1. The Hall–Kier alpha value is -3.56. The number of benzene rings is 2. The molecule has 28 heavy (non-hydrogen) atoms. The summed E-state index contributed by atoms with van der Waals surface area (Å²) in [5.41, 5.74) is 5.31. The van der Waals surface area contributed by atoms with E-state index >= 15 is 0 Å². The van der Waals surface area contributed by atoms with Gasteiger partial charge in [-0.15, -0.1) is 0 Å². The van der Waals surface area contributed by atoms with Crippen molar-refractivity contribution in [3.63, 3.8) is 0 Å². The van der Waals surface area contributed by atoms with Crippen LogP contribution in [0.15, 0.2) is 48.5 Å². The van der Waals surface area contributed by atoms with Gasteiger partial charge in [-0.05, 0) is 36.4 Å². The molecule has 0 aromatic heterocycles. The Morgan fingerprint density at radius 3 is 2.25 bits per heavy atom. The van der Waals surface area contributed by atoms with Gasteiger partial charge < -0.3 is 21.1 Å². The predicted octanol–water partition coefficient (Wildman–Crippen LogP) is 2.10. The summed E-state index contributed by atoms with van der Waals surface area (Å²) in [6.45, 7) is -1.91. The lowest BCUT2D eigenvalue weighted by Crippen LogP contribution is -2.34. The highest BCUT2D eigenvalue weighted by atomic mass is 19.4. The number of amides is 3. The summed E-state index contributed by atoms with van der Waals surface area (Å²) in [6.07, 6.45) is -4.55. The topological polar surface area (TPSA) is 111 Å². The molecular formula is C18H16F3N3O4. The van der Waals surface area contributed by atoms with Crippen LogP contribution in [-0.2, 0) is 4.79 Å². The second-order valence-electron chi connectivity index (χ2n) is 5.57. The molecule has 0 atom stereocenters. The maximum atomic E-state index is 12.2. The van der Waals surface area contributed by atoms with E-state index in [1.807, 2.05) is 0 Å². The van der Waals surface area contributed by atoms with Crippen LogP contribution in [-0.4, -0.2) is 37.0 Å². The van der Waals surface area contributed by atoms with Gasteiger partial charge in [-0.2, -0.15) is 13.2 Å². The zero-order chi connectivity index (χ0) is 20.7. The molecule has 0 heterocycles. The number of alkyl halides is 3. The molecule has 2 rings (SSSR count). The molecule has 7 nitrogen and oxygen atoms in total. The number of halogens is 3. The molecule has 0 aliphatic carbocycles. The van der Waals surface area contributed by atoms with Crippen LogP contribution >= 0.6 is 0 Å². The molecule has 0 aliphatic heterocycles. The SMILES string of the molecule is NC(=O)c1ccc(OCC(=O)Nc2ccccc2C(=O)NCC(F)(F)F)cc1. The first kappa shape index (κ1) is 20.7. The molecule has 0 aliphatic rings. The second kappa shape index (κ2) is 8.89. The van der Waals surface area contributed by atoms with Crippen LogP contribution in [0.2, 0.25) is 0 Å². The van der Waals surface area contributed by atoms with Gasteiger partial charge in [-0.1, -0.05) is 12.1 Å². The highest BCUT2D eigenvalue weighted by molar-refractivity contribution is 6.04. The maximum Gasteiger partial charge on any atom is 0.405 e. The number of para-hydroxylation sites is 1. The Bertz CT molecular complexity index is 867. The first-order valence-electron chi connectivity index (χ1n) is 7.92. The zero-order valence-electron chi connectivity index (χ0n) is 14.4. The van der Waals surface area contributed by atoms with Gasteiger partial charge in [0, 0.05) is 5.56 Å². The second-order valence-corrected chi connectivity index (χ2v) is 5.57. The van der Waals surface area contributed by atoms with E-state index < -0.39 is 37.0 Å². The van der Waals surface area contributed by atoms with Crippen molar-refractivity contribution in [2.75, 3.05) is 18.5 Å². The van der Waals surface area contributed by atoms with Crippen LogP contribution in [0.5, 0.6) is 5.75 Å². The summed E-state index contributed by atoms with van der Waals surface area (Å²) in [4.78, 5) is 35.0. The van der Waals surface area contributed by atoms with Crippen LogP contribution in [0.4, 0.5) is 18.9 Å². The zero-order valence-corrected chi connectivity index (χ0v) is 14.4. The third kappa shape index (κ3) is 6.31. The minimum atomic E-state index is -4.55. The number of hydrogen-bond donors (Lipinski definition) is 3. The Kier molecular flexibility index (Phi) is 6.59. The maximum absolute atomic E-state index is 12.2. The van der Waals surface area contributed by atoms with Crippen molar-refractivity contribution < 1.29 is 32.3 Å². The highest BCUT2D eigenvalue weighted by Gasteiger charge is 2.28. The Balaban J connectivity index is 1.96. The highest BCUT2D eigenvalue weighted by Crippen LogP contribution is 2.17. The molecule has 0 fully saturated rings. The first-order valence-corrected chi connectivity index (χ1v) is 7.92. The molecular weight excluding hydrogens is 379 g/mol. The lowest BCUT2D eigenvalue weighted by Gasteiger charge is -2.13. The summed E-state index contributed by atoms with van der Waals surface area (Å²) in [7, 11) is 0. The molecule has 0 saturated carbocycles. The third-order valence-corrected chi connectivity index (χ3v) is 3.40. The molecule has 2 aromatic rings. The van der Waals surface area contributed by atoms with Gasteiger partial charge in [0.05, 0.1) is 11.3 Å². The molecule has 4 N–H and O–H groups in total. The first-order chi connectivity index (χ1) is 13.2. The lowest BCUT2D eigenvalue weighted by molar-refractivity contribution is -0.123. The summed E-state index contributed by atoms with van der Waals surface area (Å²) >= 11 is 0. The van der Waals surface area contributed by atoms with Crippen molar-refractivity contribution in [1.29, 1.82) is 0 Å². The molecule has 0 radical (unpaired) electrons. The normalized spacial score (nSPS) is 10.8. The van der Waals surface area contributed by atoms with Crippen molar-refractivity contribution in [2.24, 2.45) is 5.73 Å². The average molecular weight is 395 g/mol. The summed E-state index contributed by atoms with van der Waals surface area (Å²) in [5, 5.41) is 4.15. The minimum absolute atomic E-state index is 0.0415.